The van der Waals surface area contributed by atoms with Gasteiger partial charge in [0.25, 0.3) is 0 Å². The number of rotatable bonds is 1. The summed E-state index contributed by atoms with van der Waals surface area (Å²) in [6, 6.07) is 19.3. The topological polar surface area (TPSA) is 26.0 Å². The smallest absolute Gasteiger partial charge is 0.160 e. The first-order valence-electron chi connectivity index (χ1n) is 8.90. The Labute approximate surface area is 152 Å². The lowest BCUT2D eigenvalue weighted by Gasteiger charge is -2.13. The second-order valence-electron chi connectivity index (χ2n) is 6.99. The highest BCUT2D eigenvalue weighted by Crippen LogP contribution is 2.36. The number of furan rings is 1. The summed E-state index contributed by atoms with van der Waals surface area (Å²) in [5.74, 6) is 0.910. The summed E-state index contributed by atoms with van der Waals surface area (Å²) in [7, 11) is 0. The highest BCUT2D eigenvalue weighted by atomic mass is 16.3. The third-order valence-corrected chi connectivity index (χ3v) is 5.44. The van der Waals surface area contributed by atoms with Crippen molar-refractivity contribution in [2.24, 2.45) is 0 Å². The van der Waals surface area contributed by atoms with Gasteiger partial charge in [-0.2, -0.15) is 0 Å². The lowest BCUT2D eigenvalue weighted by Crippen LogP contribution is -1.90. The van der Waals surface area contributed by atoms with Crippen molar-refractivity contribution in [2.45, 2.75) is 20.8 Å². The van der Waals surface area contributed by atoms with Gasteiger partial charge in [-0.1, -0.05) is 36.4 Å². The van der Waals surface area contributed by atoms with Crippen molar-refractivity contribution in [1.82, 2.24) is 4.98 Å². The van der Waals surface area contributed by atoms with Crippen LogP contribution in [-0.4, -0.2) is 4.98 Å². The summed E-state index contributed by atoms with van der Waals surface area (Å²) >= 11 is 0. The third-order valence-electron chi connectivity index (χ3n) is 5.44. The lowest BCUT2D eigenvalue weighted by atomic mass is 9.91. The molecule has 2 aromatic heterocycles. The normalized spacial score (nSPS) is 11.7. The third kappa shape index (κ3) is 2.08. The summed E-state index contributed by atoms with van der Waals surface area (Å²) in [5, 5.41) is 6.29. The number of nitrogens with zero attached hydrogens (tertiary/aromatic N) is 1. The van der Waals surface area contributed by atoms with Crippen LogP contribution in [0.15, 0.2) is 65.2 Å². The van der Waals surface area contributed by atoms with Gasteiger partial charge in [0.15, 0.2) is 5.58 Å². The van der Waals surface area contributed by atoms with E-state index in [0.29, 0.717) is 0 Å². The van der Waals surface area contributed by atoms with Gasteiger partial charge in [0.2, 0.25) is 0 Å². The first-order chi connectivity index (χ1) is 12.6. The highest BCUT2D eigenvalue weighted by molar-refractivity contribution is 6.11. The minimum atomic E-state index is 0.861. The van der Waals surface area contributed by atoms with E-state index in [0.717, 1.165) is 28.0 Å². The summed E-state index contributed by atoms with van der Waals surface area (Å²) in [5.41, 5.74) is 5.52. The van der Waals surface area contributed by atoms with E-state index in [9.17, 15) is 0 Å². The van der Waals surface area contributed by atoms with Gasteiger partial charge >= 0.3 is 0 Å². The van der Waals surface area contributed by atoms with Gasteiger partial charge in [-0.05, 0) is 71.6 Å². The Hall–Kier alpha value is -3.13. The van der Waals surface area contributed by atoms with Crippen molar-refractivity contribution < 1.29 is 4.42 Å². The predicted molar refractivity (Wildman–Crippen MR) is 109 cm³/mol. The molecule has 5 rings (SSSR count). The van der Waals surface area contributed by atoms with Crippen molar-refractivity contribution in [1.29, 1.82) is 0 Å². The minimum absolute atomic E-state index is 0.861. The number of pyridine rings is 1. The van der Waals surface area contributed by atoms with Crippen LogP contribution in [0.25, 0.3) is 43.8 Å². The first kappa shape index (κ1) is 15.2. The van der Waals surface area contributed by atoms with Gasteiger partial charge in [-0.3, -0.25) is 4.98 Å². The van der Waals surface area contributed by atoms with Crippen molar-refractivity contribution in [2.75, 3.05) is 0 Å². The maximum absolute atomic E-state index is 5.93. The van der Waals surface area contributed by atoms with E-state index in [1.54, 1.807) is 0 Å². The van der Waals surface area contributed by atoms with E-state index in [1.165, 1.54) is 32.7 Å². The SMILES string of the molecule is Cc1cc2ccnc(-c3ccc4c(c3)c(C)c(C)c3ccccc34)c2o1. The molecule has 0 aliphatic carbocycles. The molecule has 0 amide bonds. The lowest BCUT2D eigenvalue weighted by molar-refractivity contribution is 0.578. The number of hydrogen-bond acceptors (Lipinski definition) is 2. The molecule has 2 heteroatoms. The molecule has 3 aromatic carbocycles. The number of aryl methyl sites for hydroxylation is 3. The van der Waals surface area contributed by atoms with Gasteiger partial charge < -0.3 is 4.42 Å². The quantitative estimate of drug-likeness (QED) is 0.317. The molecule has 0 atom stereocenters. The number of fused-ring (bicyclic) bond motifs is 4. The zero-order valence-corrected chi connectivity index (χ0v) is 15.1. The molecule has 126 valence electrons. The highest BCUT2D eigenvalue weighted by Gasteiger charge is 2.13. The van der Waals surface area contributed by atoms with Gasteiger partial charge in [0.1, 0.15) is 11.5 Å². The minimum Gasteiger partial charge on any atom is -0.459 e. The Balaban J connectivity index is 1.86. The van der Waals surface area contributed by atoms with Crippen molar-refractivity contribution in [3.8, 4) is 11.3 Å². The molecule has 5 aromatic rings. The predicted octanol–water partition coefficient (Wildman–Crippen LogP) is 6.73. The van der Waals surface area contributed by atoms with Crippen LogP contribution in [0.5, 0.6) is 0 Å². The van der Waals surface area contributed by atoms with Crippen LogP contribution >= 0.6 is 0 Å². The Morgan fingerprint density at radius 1 is 0.731 bits per heavy atom. The molecule has 0 bridgehead atoms. The molecule has 0 unspecified atom stereocenters. The van der Waals surface area contributed by atoms with Crippen LogP contribution in [0.2, 0.25) is 0 Å². The molecule has 2 nitrogen and oxygen atoms in total. The Bertz CT molecular complexity index is 1310. The second kappa shape index (κ2) is 5.43. The van der Waals surface area contributed by atoms with E-state index >= 15 is 0 Å². The molecule has 2 heterocycles. The fourth-order valence-electron chi connectivity index (χ4n) is 3.98. The number of benzene rings is 3. The molecule has 0 saturated heterocycles. The van der Waals surface area contributed by atoms with Crippen LogP contribution in [0.4, 0.5) is 0 Å². The Morgan fingerprint density at radius 2 is 1.46 bits per heavy atom. The maximum Gasteiger partial charge on any atom is 0.160 e. The van der Waals surface area contributed by atoms with Crippen molar-refractivity contribution in [3.63, 3.8) is 0 Å². The molecular formula is C24H19NO. The monoisotopic (exact) mass is 337 g/mol. The summed E-state index contributed by atoms with van der Waals surface area (Å²) in [6.45, 7) is 6.39. The van der Waals surface area contributed by atoms with E-state index in [1.807, 2.05) is 19.2 Å². The zero-order chi connectivity index (χ0) is 17.8. The maximum atomic E-state index is 5.93. The average Bonchev–Trinajstić information content (AvgIpc) is 3.06. The summed E-state index contributed by atoms with van der Waals surface area (Å²) < 4.78 is 5.93. The first-order valence-corrected chi connectivity index (χ1v) is 8.90. The van der Waals surface area contributed by atoms with Gasteiger partial charge in [-0.15, -0.1) is 0 Å². The largest absolute Gasteiger partial charge is 0.459 e. The molecule has 0 spiro atoms. The van der Waals surface area contributed by atoms with Gasteiger partial charge in [-0.25, -0.2) is 0 Å². The fourth-order valence-corrected chi connectivity index (χ4v) is 3.98. The van der Waals surface area contributed by atoms with Crippen molar-refractivity contribution in [3.05, 3.63) is 77.7 Å². The standard InChI is InChI=1S/C24H19NO/c1-14-12-18-10-11-25-23(24(18)26-14)17-8-9-21-20-7-5-4-6-19(20)15(2)16(3)22(21)13-17/h4-13H,1-3H3. The van der Waals surface area contributed by atoms with Crippen LogP contribution in [0.1, 0.15) is 16.9 Å². The Kier molecular flexibility index (Phi) is 3.17. The van der Waals surface area contributed by atoms with E-state index in [-0.39, 0.29) is 0 Å². The molecule has 0 fully saturated rings. The van der Waals surface area contributed by atoms with Crippen LogP contribution in [0, 0.1) is 20.8 Å². The summed E-state index contributed by atoms with van der Waals surface area (Å²) in [6.07, 6.45) is 1.86. The van der Waals surface area contributed by atoms with Crippen molar-refractivity contribution >= 4 is 32.5 Å². The van der Waals surface area contributed by atoms with Gasteiger partial charge in [0.05, 0.1) is 0 Å². The zero-order valence-electron chi connectivity index (χ0n) is 15.1. The molecule has 0 aliphatic rings. The van der Waals surface area contributed by atoms with Crippen LogP contribution in [0.3, 0.4) is 0 Å². The molecule has 26 heavy (non-hydrogen) atoms. The van der Waals surface area contributed by atoms with Crippen LogP contribution in [-0.2, 0) is 0 Å². The molecular weight excluding hydrogens is 318 g/mol. The van der Waals surface area contributed by atoms with E-state index in [4.69, 9.17) is 4.42 Å². The second-order valence-corrected chi connectivity index (χ2v) is 6.99. The van der Waals surface area contributed by atoms with E-state index < -0.39 is 0 Å². The molecule has 0 saturated carbocycles. The van der Waals surface area contributed by atoms with Gasteiger partial charge in [0, 0.05) is 17.1 Å². The average molecular weight is 337 g/mol. The molecule has 0 N–H and O–H groups in total. The molecule has 0 aliphatic heterocycles. The number of aromatic nitrogens is 1. The summed E-state index contributed by atoms with van der Waals surface area (Å²) in [4.78, 5) is 4.62. The van der Waals surface area contributed by atoms with Crippen LogP contribution < -0.4 is 0 Å². The van der Waals surface area contributed by atoms with E-state index in [2.05, 4.69) is 67.4 Å². The Morgan fingerprint density at radius 3 is 2.31 bits per heavy atom. The number of hydrogen-bond donors (Lipinski definition) is 0. The fraction of sp³-hybridized carbons (Fsp3) is 0.125. The molecule has 0 radical (unpaired) electrons.